The molecule has 0 saturated heterocycles. The van der Waals surface area contributed by atoms with Crippen molar-refractivity contribution in [1.82, 2.24) is 0 Å². The fourth-order valence-electron chi connectivity index (χ4n) is 1.91. The molecule has 0 N–H and O–H groups in total. The summed E-state index contributed by atoms with van der Waals surface area (Å²) in [4.78, 5) is 0. The topological polar surface area (TPSA) is 18.5 Å². The summed E-state index contributed by atoms with van der Waals surface area (Å²) in [6, 6.07) is 7.70. The molecule has 0 amide bonds. The van der Waals surface area contributed by atoms with Gasteiger partial charge >= 0.3 is 0 Å². The summed E-state index contributed by atoms with van der Waals surface area (Å²) in [5.41, 5.74) is 1.00. The summed E-state index contributed by atoms with van der Waals surface area (Å²) in [6.07, 6.45) is 0.953. The van der Waals surface area contributed by atoms with Crippen LogP contribution in [0.4, 0.5) is 0 Å². The van der Waals surface area contributed by atoms with Crippen LogP contribution in [0.15, 0.2) is 24.3 Å². The summed E-state index contributed by atoms with van der Waals surface area (Å²) >= 11 is 12.1. The predicted molar refractivity (Wildman–Crippen MR) is 69.7 cm³/mol. The number of rotatable bonds is 5. The molecule has 0 radical (unpaired) electrons. The quantitative estimate of drug-likeness (QED) is 0.764. The maximum atomic E-state index is 6.07. The van der Waals surface area contributed by atoms with E-state index >= 15 is 0 Å². The smallest absolute Gasteiger partial charge is 0.100 e. The van der Waals surface area contributed by atoms with Crippen LogP contribution in [0.5, 0.6) is 0 Å². The Bertz CT molecular complexity index is 370. The summed E-state index contributed by atoms with van der Waals surface area (Å²) in [6.45, 7) is 3.14. The average Bonchev–Trinajstić information content (AvgIpc) is 2.33. The molecule has 1 aliphatic rings. The molecule has 3 unspecified atom stereocenters. The zero-order chi connectivity index (χ0) is 12.3. The van der Waals surface area contributed by atoms with Gasteiger partial charge in [-0.1, -0.05) is 29.8 Å². The minimum atomic E-state index is 0.0177. The summed E-state index contributed by atoms with van der Waals surface area (Å²) < 4.78 is 11.3. The fourth-order valence-corrected chi connectivity index (χ4v) is 2.51. The second-order valence-corrected chi connectivity index (χ2v) is 5.08. The van der Waals surface area contributed by atoms with E-state index < -0.39 is 0 Å². The highest BCUT2D eigenvalue weighted by molar-refractivity contribution is 6.31. The lowest BCUT2D eigenvalue weighted by atomic mass is 9.91. The highest BCUT2D eigenvalue weighted by atomic mass is 35.5. The Kier molecular flexibility index (Phi) is 4.69. The highest BCUT2D eigenvalue weighted by Crippen LogP contribution is 2.32. The number of alkyl halides is 1. The number of halogens is 2. The van der Waals surface area contributed by atoms with Crippen molar-refractivity contribution in [2.24, 2.45) is 0 Å². The molecule has 0 bridgehead atoms. The molecule has 1 aromatic rings. The van der Waals surface area contributed by atoms with Crippen molar-refractivity contribution in [3.05, 3.63) is 34.9 Å². The molecule has 2 rings (SSSR count). The van der Waals surface area contributed by atoms with Gasteiger partial charge in [-0.25, -0.2) is 0 Å². The summed E-state index contributed by atoms with van der Waals surface area (Å²) in [5, 5.41) is 0.813. The van der Waals surface area contributed by atoms with Crippen LogP contribution >= 0.6 is 23.2 Å². The lowest BCUT2D eigenvalue weighted by Gasteiger charge is -2.40. The van der Waals surface area contributed by atoms with E-state index in [4.69, 9.17) is 32.7 Å². The van der Waals surface area contributed by atoms with Crippen molar-refractivity contribution in [2.45, 2.75) is 37.5 Å². The Morgan fingerprint density at radius 1 is 1.29 bits per heavy atom. The average molecular weight is 275 g/mol. The van der Waals surface area contributed by atoms with Crippen molar-refractivity contribution >= 4 is 23.2 Å². The molecule has 1 aliphatic carbocycles. The first-order valence-electron chi connectivity index (χ1n) is 5.83. The van der Waals surface area contributed by atoms with Crippen LogP contribution in [0.1, 0.15) is 18.9 Å². The molecule has 1 aromatic carbocycles. The van der Waals surface area contributed by atoms with Crippen LogP contribution in [-0.2, 0) is 16.1 Å². The molecular formula is C13H16Cl2O2. The van der Waals surface area contributed by atoms with E-state index in [0.717, 1.165) is 17.0 Å². The fraction of sp³-hybridized carbons (Fsp3) is 0.538. The molecule has 4 heteroatoms. The van der Waals surface area contributed by atoms with E-state index in [1.165, 1.54) is 0 Å². The van der Waals surface area contributed by atoms with E-state index in [-0.39, 0.29) is 17.6 Å². The molecule has 1 fully saturated rings. The van der Waals surface area contributed by atoms with Gasteiger partial charge in [0.25, 0.3) is 0 Å². The maximum absolute atomic E-state index is 6.07. The molecule has 94 valence electrons. The minimum Gasteiger partial charge on any atom is -0.374 e. The normalized spacial score (nSPS) is 27.8. The molecule has 0 heterocycles. The Labute approximate surface area is 112 Å². The van der Waals surface area contributed by atoms with E-state index in [0.29, 0.717) is 13.2 Å². The number of ether oxygens (including phenoxy) is 2. The Hall–Kier alpha value is -0.280. The second kappa shape index (κ2) is 6.05. The first kappa shape index (κ1) is 13.2. The molecule has 0 aromatic heterocycles. The van der Waals surface area contributed by atoms with Crippen molar-refractivity contribution in [2.75, 3.05) is 6.61 Å². The Morgan fingerprint density at radius 3 is 2.71 bits per heavy atom. The highest BCUT2D eigenvalue weighted by Gasteiger charge is 2.41. The van der Waals surface area contributed by atoms with Crippen molar-refractivity contribution in [1.29, 1.82) is 0 Å². The van der Waals surface area contributed by atoms with Gasteiger partial charge in [0, 0.05) is 11.6 Å². The van der Waals surface area contributed by atoms with Gasteiger partial charge in [0.15, 0.2) is 0 Å². The standard InChI is InChI=1S/C13H16Cl2O2/c1-2-16-13-11(15)7-12(13)17-8-9-5-3-4-6-10(9)14/h3-6,11-13H,2,7-8H2,1H3. The SMILES string of the molecule is CCOC1C(Cl)CC1OCc1ccccc1Cl. The van der Waals surface area contributed by atoms with Crippen molar-refractivity contribution < 1.29 is 9.47 Å². The first-order chi connectivity index (χ1) is 8.22. The van der Waals surface area contributed by atoms with Crippen LogP contribution in [-0.4, -0.2) is 24.2 Å². The van der Waals surface area contributed by atoms with Gasteiger partial charge in [-0.15, -0.1) is 11.6 Å². The van der Waals surface area contributed by atoms with Crippen LogP contribution in [0.25, 0.3) is 0 Å². The van der Waals surface area contributed by atoms with Crippen LogP contribution in [0.3, 0.4) is 0 Å². The lowest BCUT2D eigenvalue weighted by molar-refractivity contribution is -0.127. The van der Waals surface area contributed by atoms with Gasteiger partial charge in [-0.05, 0) is 25.0 Å². The van der Waals surface area contributed by atoms with E-state index in [9.17, 15) is 0 Å². The second-order valence-electron chi connectivity index (χ2n) is 4.11. The van der Waals surface area contributed by atoms with Crippen LogP contribution in [0, 0.1) is 0 Å². The predicted octanol–water partition coefficient (Wildman–Crippen LogP) is 3.64. The molecule has 2 nitrogen and oxygen atoms in total. The largest absolute Gasteiger partial charge is 0.374 e. The van der Waals surface area contributed by atoms with Crippen molar-refractivity contribution in [3.8, 4) is 0 Å². The third-order valence-corrected chi connectivity index (χ3v) is 3.75. The van der Waals surface area contributed by atoms with E-state index in [1.807, 2.05) is 31.2 Å². The van der Waals surface area contributed by atoms with Crippen LogP contribution < -0.4 is 0 Å². The van der Waals surface area contributed by atoms with E-state index in [2.05, 4.69) is 0 Å². The van der Waals surface area contributed by atoms with Crippen molar-refractivity contribution in [3.63, 3.8) is 0 Å². The number of hydrogen-bond donors (Lipinski definition) is 0. The molecule has 3 atom stereocenters. The van der Waals surface area contributed by atoms with Gasteiger partial charge < -0.3 is 9.47 Å². The summed E-state index contributed by atoms with van der Waals surface area (Å²) in [5.74, 6) is 0. The molecular weight excluding hydrogens is 259 g/mol. The summed E-state index contributed by atoms with van der Waals surface area (Å²) in [7, 11) is 0. The minimum absolute atomic E-state index is 0.0177. The Morgan fingerprint density at radius 2 is 2.06 bits per heavy atom. The third kappa shape index (κ3) is 3.14. The van der Waals surface area contributed by atoms with Gasteiger partial charge in [0.2, 0.25) is 0 Å². The number of hydrogen-bond acceptors (Lipinski definition) is 2. The Balaban J connectivity index is 1.85. The maximum Gasteiger partial charge on any atom is 0.100 e. The zero-order valence-corrected chi connectivity index (χ0v) is 11.2. The molecule has 0 aliphatic heterocycles. The van der Waals surface area contributed by atoms with E-state index in [1.54, 1.807) is 0 Å². The van der Waals surface area contributed by atoms with Crippen LogP contribution in [0.2, 0.25) is 5.02 Å². The molecule has 1 saturated carbocycles. The molecule has 17 heavy (non-hydrogen) atoms. The van der Waals surface area contributed by atoms with Gasteiger partial charge in [-0.3, -0.25) is 0 Å². The molecule has 0 spiro atoms. The van der Waals surface area contributed by atoms with Gasteiger partial charge in [-0.2, -0.15) is 0 Å². The van der Waals surface area contributed by atoms with Gasteiger partial charge in [0.05, 0.1) is 18.1 Å². The zero-order valence-electron chi connectivity index (χ0n) is 9.74. The third-order valence-electron chi connectivity index (χ3n) is 2.95. The van der Waals surface area contributed by atoms with Gasteiger partial charge in [0.1, 0.15) is 6.10 Å². The number of benzene rings is 1. The monoisotopic (exact) mass is 274 g/mol. The lowest BCUT2D eigenvalue weighted by Crippen LogP contribution is -2.50. The first-order valence-corrected chi connectivity index (χ1v) is 6.64.